The summed E-state index contributed by atoms with van der Waals surface area (Å²) in [6, 6.07) is 5.13. The minimum Gasteiger partial charge on any atom is -0.351 e. The number of rotatable bonds is 5. The highest BCUT2D eigenvalue weighted by Crippen LogP contribution is 2.55. The van der Waals surface area contributed by atoms with E-state index in [0.29, 0.717) is 29.6 Å². The summed E-state index contributed by atoms with van der Waals surface area (Å²) in [4.78, 5) is 28.1. The van der Waals surface area contributed by atoms with Crippen LogP contribution in [-0.2, 0) is 11.3 Å². The van der Waals surface area contributed by atoms with Crippen LogP contribution in [-0.4, -0.2) is 35.0 Å². The molecule has 180 valence electrons. The summed E-state index contributed by atoms with van der Waals surface area (Å²) in [6.07, 6.45) is 12.2. The monoisotopic (exact) mass is 491 g/mol. The zero-order valence-corrected chi connectivity index (χ0v) is 20.8. The molecule has 7 heteroatoms. The minimum atomic E-state index is -0.121. The van der Waals surface area contributed by atoms with Gasteiger partial charge in [-0.15, -0.1) is 0 Å². The highest BCUT2D eigenvalue weighted by molar-refractivity contribution is 6.35. The Hall–Kier alpha value is -1.46. The number of hydrogen-bond donors (Lipinski definition) is 2. The number of likely N-dealkylation sites (tertiary alicyclic amines) is 1. The van der Waals surface area contributed by atoms with Crippen molar-refractivity contribution in [2.24, 2.45) is 17.8 Å². The fourth-order valence-corrected chi connectivity index (χ4v) is 7.76. The lowest BCUT2D eigenvalue weighted by Crippen LogP contribution is -2.53. The van der Waals surface area contributed by atoms with Gasteiger partial charge in [0.2, 0.25) is 5.91 Å². The molecule has 5 nitrogen and oxygen atoms in total. The molecule has 3 amide bonds. The third-order valence-corrected chi connectivity index (χ3v) is 9.22. The van der Waals surface area contributed by atoms with E-state index in [9.17, 15) is 9.59 Å². The Labute approximate surface area is 206 Å². The normalized spacial score (nSPS) is 33.0. The smallest absolute Gasteiger partial charge is 0.317 e. The van der Waals surface area contributed by atoms with Gasteiger partial charge in [-0.05, 0) is 80.4 Å². The summed E-state index contributed by atoms with van der Waals surface area (Å²) >= 11 is 12.2. The number of carbonyl (C=O) groups excluding carboxylic acids is 2. The van der Waals surface area contributed by atoms with Crippen LogP contribution in [0.15, 0.2) is 18.2 Å². The van der Waals surface area contributed by atoms with Gasteiger partial charge >= 0.3 is 6.03 Å². The summed E-state index contributed by atoms with van der Waals surface area (Å²) in [5, 5.41) is 7.62. The van der Waals surface area contributed by atoms with Crippen LogP contribution in [0.25, 0.3) is 0 Å². The van der Waals surface area contributed by atoms with Crippen molar-refractivity contribution in [1.82, 2.24) is 15.5 Å². The molecular formula is C26H35Cl2N3O2. The first-order valence-electron chi connectivity index (χ1n) is 12.7. The third-order valence-electron chi connectivity index (χ3n) is 8.63. The predicted molar refractivity (Wildman–Crippen MR) is 131 cm³/mol. The van der Waals surface area contributed by atoms with E-state index in [1.165, 1.54) is 25.7 Å². The van der Waals surface area contributed by atoms with Gasteiger partial charge in [0.1, 0.15) is 0 Å². The maximum absolute atomic E-state index is 13.2. The van der Waals surface area contributed by atoms with Gasteiger partial charge in [-0.1, -0.05) is 48.5 Å². The molecule has 1 aromatic carbocycles. The number of nitrogens with zero attached hydrogens (tertiary/aromatic N) is 1. The van der Waals surface area contributed by atoms with E-state index in [-0.39, 0.29) is 23.5 Å². The SMILES string of the molecule is O=C(CC1CCCCN1C(=O)NCc1ccc(Cl)cc1Cl)NC12CC3CCCC(C1)C(C3)C2. The second kappa shape index (κ2) is 9.65. The van der Waals surface area contributed by atoms with Gasteiger partial charge in [0.15, 0.2) is 0 Å². The van der Waals surface area contributed by atoms with Crippen LogP contribution < -0.4 is 10.6 Å². The third kappa shape index (κ3) is 5.14. The Morgan fingerprint density at radius 1 is 1.03 bits per heavy atom. The molecule has 0 spiro atoms. The number of fused-ring (bicyclic) bond motifs is 2. The van der Waals surface area contributed by atoms with Crippen molar-refractivity contribution in [2.45, 2.75) is 88.8 Å². The van der Waals surface area contributed by atoms with Crippen LogP contribution in [0.5, 0.6) is 0 Å². The standard InChI is InChI=1S/C26H35Cl2N3O2/c27-21-8-7-19(23(28)11-21)16-29-25(33)31-9-2-1-6-22(31)12-24(32)30-26-13-17-4-3-5-18(14-26)20(10-17)15-26/h7-8,11,17-18,20,22H,1-6,9-10,12-16H2,(H,29,33)(H,30,32). The van der Waals surface area contributed by atoms with E-state index in [0.717, 1.165) is 61.8 Å². The number of amides is 3. The van der Waals surface area contributed by atoms with Crippen molar-refractivity contribution >= 4 is 35.1 Å². The topological polar surface area (TPSA) is 61.4 Å². The van der Waals surface area contributed by atoms with Crippen molar-refractivity contribution in [3.05, 3.63) is 33.8 Å². The quantitative estimate of drug-likeness (QED) is 0.536. The van der Waals surface area contributed by atoms with Crippen LogP contribution >= 0.6 is 23.2 Å². The molecular weight excluding hydrogens is 457 g/mol. The van der Waals surface area contributed by atoms with Crippen molar-refractivity contribution in [3.8, 4) is 0 Å². The highest BCUT2D eigenvalue weighted by atomic mass is 35.5. The summed E-state index contributed by atoms with van der Waals surface area (Å²) in [6.45, 7) is 1.03. The minimum absolute atomic E-state index is 0.0167. The van der Waals surface area contributed by atoms with Crippen LogP contribution in [0, 0.1) is 17.8 Å². The number of nitrogens with one attached hydrogen (secondary N) is 2. The number of halogens is 2. The van der Waals surface area contributed by atoms with Crippen LogP contribution in [0.1, 0.15) is 76.2 Å². The largest absolute Gasteiger partial charge is 0.351 e. The molecule has 5 atom stereocenters. The fraction of sp³-hybridized carbons (Fsp3) is 0.692. The molecule has 1 heterocycles. The molecule has 0 radical (unpaired) electrons. The Bertz CT molecular complexity index is 906. The van der Waals surface area contributed by atoms with E-state index in [1.54, 1.807) is 12.1 Å². The van der Waals surface area contributed by atoms with Crippen molar-refractivity contribution in [3.63, 3.8) is 0 Å². The molecule has 5 rings (SSSR count). The zero-order valence-electron chi connectivity index (χ0n) is 19.3. The van der Waals surface area contributed by atoms with Crippen LogP contribution in [0.2, 0.25) is 10.0 Å². The first-order valence-corrected chi connectivity index (χ1v) is 13.5. The molecule has 3 saturated carbocycles. The van der Waals surface area contributed by atoms with E-state index >= 15 is 0 Å². The van der Waals surface area contributed by atoms with E-state index < -0.39 is 0 Å². The lowest BCUT2D eigenvalue weighted by molar-refractivity contribution is -0.124. The fourth-order valence-electron chi connectivity index (χ4n) is 7.28. The van der Waals surface area contributed by atoms with Crippen molar-refractivity contribution < 1.29 is 9.59 Å². The van der Waals surface area contributed by atoms with Crippen molar-refractivity contribution in [2.75, 3.05) is 6.54 Å². The lowest BCUT2D eigenvalue weighted by Gasteiger charge is -2.40. The Kier molecular flexibility index (Phi) is 6.81. The molecule has 3 bridgehead atoms. The summed E-state index contributed by atoms with van der Waals surface area (Å²) < 4.78 is 0. The average molecular weight is 492 g/mol. The molecule has 5 unspecified atom stereocenters. The highest BCUT2D eigenvalue weighted by Gasteiger charge is 2.52. The Morgan fingerprint density at radius 3 is 2.73 bits per heavy atom. The average Bonchev–Trinajstić information content (AvgIpc) is 2.92. The summed E-state index contributed by atoms with van der Waals surface area (Å²) in [7, 11) is 0. The first-order chi connectivity index (χ1) is 15.9. The van der Waals surface area contributed by atoms with E-state index in [4.69, 9.17) is 23.2 Å². The molecule has 1 saturated heterocycles. The number of piperidine rings is 1. The Balaban J connectivity index is 1.18. The van der Waals surface area contributed by atoms with Gasteiger partial charge in [0.05, 0.1) is 0 Å². The number of carbonyl (C=O) groups is 2. The Morgan fingerprint density at radius 2 is 1.88 bits per heavy atom. The maximum atomic E-state index is 13.2. The lowest BCUT2D eigenvalue weighted by atomic mass is 9.75. The number of benzene rings is 1. The van der Waals surface area contributed by atoms with E-state index in [1.807, 2.05) is 11.0 Å². The van der Waals surface area contributed by atoms with Crippen LogP contribution in [0.4, 0.5) is 4.79 Å². The van der Waals surface area contributed by atoms with Gasteiger partial charge in [-0.3, -0.25) is 4.79 Å². The number of urea groups is 1. The van der Waals surface area contributed by atoms with Crippen LogP contribution in [0.3, 0.4) is 0 Å². The second-order valence-corrected chi connectivity index (χ2v) is 11.8. The van der Waals surface area contributed by atoms with Gasteiger partial charge in [-0.2, -0.15) is 0 Å². The first kappa shape index (κ1) is 23.3. The molecule has 4 fully saturated rings. The summed E-state index contributed by atoms with van der Waals surface area (Å²) in [5.74, 6) is 2.52. The van der Waals surface area contributed by atoms with Gasteiger partial charge in [-0.25, -0.2) is 4.79 Å². The second-order valence-electron chi connectivity index (χ2n) is 10.9. The van der Waals surface area contributed by atoms with Gasteiger partial charge in [0.25, 0.3) is 0 Å². The van der Waals surface area contributed by atoms with E-state index in [2.05, 4.69) is 10.6 Å². The molecule has 0 aromatic heterocycles. The molecule has 1 aliphatic heterocycles. The molecule has 1 aromatic rings. The van der Waals surface area contributed by atoms with Crippen molar-refractivity contribution in [1.29, 1.82) is 0 Å². The molecule has 2 N–H and O–H groups in total. The predicted octanol–water partition coefficient (Wildman–Crippen LogP) is 5.92. The molecule has 4 aliphatic rings. The zero-order chi connectivity index (χ0) is 23.0. The molecule has 33 heavy (non-hydrogen) atoms. The van der Waals surface area contributed by atoms with Gasteiger partial charge < -0.3 is 15.5 Å². The summed E-state index contributed by atoms with van der Waals surface area (Å²) in [5.41, 5.74) is 0.849. The van der Waals surface area contributed by atoms with Gasteiger partial charge in [0, 0.05) is 41.1 Å². The number of hydrogen-bond acceptors (Lipinski definition) is 2. The maximum Gasteiger partial charge on any atom is 0.317 e. The molecule has 3 aliphatic carbocycles.